The van der Waals surface area contributed by atoms with E-state index in [1.165, 1.54) is 12.0 Å². The van der Waals surface area contributed by atoms with Crippen LogP contribution < -0.4 is 0 Å². The molecule has 2 bridgehead atoms. The predicted molar refractivity (Wildman–Crippen MR) is 108 cm³/mol. The Morgan fingerprint density at radius 3 is 2.69 bits per heavy atom. The summed E-state index contributed by atoms with van der Waals surface area (Å²) in [7, 11) is 0. The van der Waals surface area contributed by atoms with Crippen molar-refractivity contribution in [2.24, 2.45) is 23.7 Å². The number of rotatable bonds is 5. The van der Waals surface area contributed by atoms with Crippen LogP contribution in [0.5, 0.6) is 0 Å². The molecule has 1 aromatic carbocycles. The van der Waals surface area contributed by atoms with Gasteiger partial charge in [0.25, 0.3) is 0 Å². The molecule has 4 aliphatic heterocycles. The maximum absolute atomic E-state index is 6.60. The third kappa shape index (κ3) is 3.35. The average molecular weight is 403 g/mol. The SMILES string of the molecule is C[C@H]1[C@@H](CCOCc2ccccc2)O[C@@H]2O[C@@]3(C)CC[C@H]4[C@H](C)CC[C@@H]1[C@@]24OO3. The van der Waals surface area contributed by atoms with Gasteiger partial charge >= 0.3 is 0 Å². The molecule has 5 nitrogen and oxygen atoms in total. The number of hydrogen-bond donors (Lipinski definition) is 0. The highest BCUT2D eigenvalue weighted by Gasteiger charge is 2.69. The van der Waals surface area contributed by atoms with Gasteiger partial charge in [0.05, 0.1) is 12.7 Å². The van der Waals surface area contributed by atoms with Gasteiger partial charge in [0, 0.05) is 18.9 Å². The zero-order valence-corrected chi connectivity index (χ0v) is 17.8. The third-order valence-electron chi connectivity index (χ3n) is 7.95. The predicted octanol–water partition coefficient (Wildman–Crippen LogP) is 4.84. The van der Waals surface area contributed by atoms with Gasteiger partial charge in [-0.15, -0.1) is 0 Å². The Morgan fingerprint density at radius 1 is 1.03 bits per heavy atom. The monoisotopic (exact) mass is 402 g/mol. The van der Waals surface area contributed by atoms with Crippen LogP contribution in [-0.4, -0.2) is 30.4 Å². The Hall–Kier alpha value is -0.980. The molecule has 0 aromatic heterocycles. The second-order valence-corrected chi connectivity index (χ2v) is 9.77. The van der Waals surface area contributed by atoms with Gasteiger partial charge in [-0.25, -0.2) is 9.78 Å². The number of hydrogen-bond acceptors (Lipinski definition) is 5. The van der Waals surface area contributed by atoms with Crippen molar-refractivity contribution in [3.05, 3.63) is 35.9 Å². The summed E-state index contributed by atoms with van der Waals surface area (Å²) >= 11 is 0. The molecule has 1 aromatic rings. The van der Waals surface area contributed by atoms with Crippen molar-refractivity contribution >= 4 is 0 Å². The van der Waals surface area contributed by atoms with E-state index in [4.69, 9.17) is 24.0 Å². The second-order valence-electron chi connectivity index (χ2n) is 9.77. The highest BCUT2D eigenvalue weighted by molar-refractivity contribution is 5.13. The molecule has 6 rings (SSSR count). The van der Waals surface area contributed by atoms with E-state index < -0.39 is 11.4 Å². The van der Waals surface area contributed by atoms with Crippen molar-refractivity contribution in [3.63, 3.8) is 0 Å². The van der Waals surface area contributed by atoms with Crippen LogP contribution in [0.1, 0.15) is 58.4 Å². The van der Waals surface area contributed by atoms with Crippen LogP contribution >= 0.6 is 0 Å². The third-order valence-corrected chi connectivity index (χ3v) is 7.95. The fourth-order valence-electron chi connectivity index (χ4n) is 6.27. The van der Waals surface area contributed by atoms with E-state index in [-0.39, 0.29) is 12.4 Å². The molecule has 5 heteroatoms. The Morgan fingerprint density at radius 2 is 1.86 bits per heavy atom. The van der Waals surface area contributed by atoms with Crippen LogP contribution in [0.2, 0.25) is 0 Å². The molecular formula is C24H34O5. The molecule has 1 saturated carbocycles. The van der Waals surface area contributed by atoms with Crippen LogP contribution in [0.3, 0.4) is 0 Å². The summed E-state index contributed by atoms with van der Waals surface area (Å²) in [6.07, 6.45) is 4.96. The molecule has 160 valence electrons. The number of benzene rings is 1. The molecule has 4 saturated heterocycles. The van der Waals surface area contributed by atoms with Crippen LogP contribution in [0.15, 0.2) is 30.3 Å². The van der Waals surface area contributed by atoms with Crippen molar-refractivity contribution < 1.29 is 24.0 Å². The first-order valence-corrected chi connectivity index (χ1v) is 11.3. The van der Waals surface area contributed by atoms with Crippen molar-refractivity contribution in [1.29, 1.82) is 0 Å². The topological polar surface area (TPSA) is 46.2 Å². The molecule has 1 aliphatic carbocycles. The van der Waals surface area contributed by atoms with Crippen LogP contribution in [0.4, 0.5) is 0 Å². The Bertz CT molecular complexity index is 710. The minimum absolute atomic E-state index is 0.118. The standard InChI is InChI=1S/C24H34O5/c1-16-9-10-20-17(2)21(12-14-25-15-18-7-5-4-6-8-18)26-22-24(20)19(16)11-13-23(3,27-22)28-29-24/h4-8,16-17,19-22H,9-15H2,1-3H3/t16-,17-,19+,20+,21-,22-,23-,24-/m1/s1. The van der Waals surface area contributed by atoms with Crippen molar-refractivity contribution in [3.8, 4) is 0 Å². The fourth-order valence-corrected chi connectivity index (χ4v) is 6.27. The lowest BCUT2D eigenvalue weighted by Crippen LogP contribution is -2.70. The minimum atomic E-state index is -0.702. The van der Waals surface area contributed by atoms with E-state index in [2.05, 4.69) is 26.0 Å². The summed E-state index contributed by atoms with van der Waals surface area (Å²) < 4.78 is 19.0. The molecule has 5 aliphatic rings. The average Bonchev–Trinajstić information content (AvgIpc) is 2.95. The highest BCUT2D eigenvalue weighted by Crippen LogP contribution is 2.60. The van der Waals surface area contributed by atoms with E-state index in [9.17, 15) is 0 Å². The highest BCUT2D eigenvalue weighted by atomic mass is 17.3. The molecule has 4 heterocycles. The van der Waals surface area contributed by atoms with Gasteiger partial charge in [0.2, 0.25) is 5.79 Å². The largest absolute Gasteiger partial charge is 0.377 e. The van der Waals surface area contributed by atoms with Crippen LogP contribution in [0.25, 0.3) is 0 Å². The zero-order chi connectivity index (χ0) is 20.1. The summed E-state index contributed by atoms with van der Waals surface area (Å²) in [6.45, 7) is 7.97. The molecule has 0 amide bonds. The van der Waals surface area contributed by atoms with Gasteiger partial charge in [0.1, 0.15) is 0 Å². The summed E-state index contributed by atoms with van der Waals surface area (Å²) in [5, 5.41) is 0. The van der Waals surface area contributed by atoms with Gasteiger partial charge in [-0.3, -0.25) is 0 Å². The van der Waals surface area contributed by atoms with Gasteiger partial charge in [0.15, 0.2) is 11.9 Å². The van der Waals surface area contributed by atoms with Gasteiger partial charge in [-0.1, -0.05) is 44.2 Å². The molecule has 29 heavy (non-hydrogen) atoms. The molecule has 5 fully saturated rings. The van der Waals surface area contributed by atoms with E-state index in [0.717, 1.165) is 25.7 Å². The van der Waals surface area contributed by atoms with Crippen molar-refractivity contribution in [1.82, 2.24) is 0 Å². The summed E-state index contributed by atoms with van der Waals surface area (Å²) in [6, 6.07) is 10.3. The summed E-state index contributed by atoms with van der Waals surface area (Å²) in [5.74, 6) is 1.10. The lowest BCUT2D eigenvalue weighted by Gasteiger charge is -2.60. The Balaban J connectivity index is 1.29. The first kappa shape index (κ1) is 20.0. The van der Waals surface area contributed by atoms with Crippen LogP contribution in [-0.2, 0) is 30.6 Å². The Kier molecular flexibility index (Phi) is 5.24. The van der Waals surface area contributed by atoms with E-state index in [1.54, 1.807) is 0 Å². The zero-order valence-electron chi connectivity index (χ0n) is 17.8. The molecule has 1 spiro atoms. The van der Waals surface area contributed by atoms with E-state index in [0.29, 0.717) is 36.9 Å². The molecule has 0 radical (unpaired) electrons. The molecule has 0 unspecified atom stereocenters. The van der Waals surface area contributed by atoms with E-state index in [1.807, 2.05) is 25.1 Å². The smallest absolute Gasteiger partial charge is 0.201 e. The van der Waals surface area contributed by atoms with Crippen molar-refractivity contribution in [2.45, 2.75) is 83.3 Å². The molecular weight excluding hydrogens is 368 g/mol. The second kappa shape index (κ2) is 7.61. The molecule has 8 atom stereocenters. The van der Waals surface area contributed by atoms with Crippen molar-refractivity contribution in [2.75, 3.05) is 6.61 Å². The quantitative estimate of drug-likeness (QED) is 0.521. The minimum Gasteiger partial charge on any atom is -0.377 e. The van der Waals surface area contributed by atoms with Crippen LogP contribution in [0, 0.1) is 23.7 Å². The lowest BCUT2D eigenvalue weighted by atomic mass is 9.57. The van der Waals surface area contributed by atoms with E-state index >= 15 is 0 Å². The summed E-state index contributed by atoms with van der Waals surface area (Å²) in [4.78, 5) is 12.1. The Labute approximate surface area is 173 Å². The maximum Gasteiger partial charge on any atom is 0.201 e. The van der Waals surface area contributed by atoms with Gasteiger partial charge < -0.3 is 14.2 Å². The molecule has 0 N–H and O–H groups in total. The lowest BCUT2D eigenvalue weighted by molar-refractivity contribution is -0.571. The summed E-state index contributed by atoms with van der Waals surface area (Å²) in [5.41, 5.74) is 0.741. The number of ether oxygens (including phenoxy) is 3. The first-order valence-electron chi connectivity index (χ1n) is 11.3. The van der Waals surface area contributed by atoms with Gasteiger partial charge in [-0.05, 0) is 55.9 Å². The van der Waals surface area contributed by atoms with Gasteiger partial charge in [-0.2, -0.15) is 0 Å². The first-order chi connectivity index (χ1) is 14.0. The maximum atomic E-state index is 6.60. The normalized spacial score (nSPS) is 46.2. The fraction of sp³-hybridized carbons (Fsp3) is 0.750. The number of fused-ring (bicyclic) bond motifs is 2.